The minimum absolute atomic E-state index is 0.0900. The number of benzene rings is 1. The number of amides is 3. The second-order valence-electron chi connectivity index (χ2n) is 7.71. The van der Waals surface area contributed by atoms with Gasteiger partial charge in [-0.25, -0.2) is 4.79 Å². The lowest BCUT2D eigenvalue weighted by atomic mass is 10.1. The highest BCUT2D eigenvalue weighted by Crippen LogP contribution is 2.22. The highest BCUT2D eigenvalue weighted by molar-refractivity contribution is 5.96. The number of carbonyl (C=O) groups is 4. The molecule has 0 bridgehead atoms. The van der Waals surface area contributed by atoms with Crippen molar-refractivity contribution < 1.29 is 46.6 Å². The highest BCUT2D eigenvalue weighted by Gasteiger charge is 2.33. The third kappa shape index (κ3) is 10.6. The van der Waals surface area contributed by atoms with Gasteiger partial charge in [-0.05, 0) is 51.5 Å². The van der Waals surface area contributed by atoms with Gasteiger partial charge < -0.3 is 19.5 Å². The molecule has 0 heterocycles. The molecular formula is C20H26F3N3O7. The summed E-state index contributed by atoms with van der Waals surface area (Å²) in [7, 11) is 0. The van der Waals surface area contributed by atoms with Crippen molar-refractivity contribution >= 4 is 23.9 Å². The van der Waals surface area contributed by atoms with Crippen molar-refractivity contribution in [3.8, 4) is 5.75 Å². The van der Waals surface area contributed by atoms with Crippen molar-refractivity contribution in [2.45, 2.75) is 65.1 Å². The Labute approximate surface area is 188 Å². The lowest BCUT2D eigenvalue weighted by Crippen LogP contribution is -2.56. The molecule has 0 aliphatic carbocycles. The van der Waals surface area contributed by atoms with Crippen LogP contribution in [0, 0.1) is 0 Å². The van der Waals surface area contributed by atoms with E-state index in [1.54, 1.807) is 27.7 Å². The Bertz CT molecular complexity index is 852. The average molecular weight is 477 g/mol. The standard InChI is InChI=1S/C20H26F3N3O7/c1-6-14(24-18(30)33-19(3,4)5)15(31-11(2)27)17(29)26-25-16(28)12-7-9-13(10-8-12)32-20(21,22)23/h7-10,14-15H,6H2,1-5H3,(H,24,30)(H,25,28)(H,26,29)/t14?,15-/m0/s1. The largest absolute Gasteiger partial charge is 0.573 e. The minimum Gasteiger partial charge on any atom is -0.450 e. The molecule has 10 nitrogen and oxygen atoms in total. The minimum atomic E-state index is -4.88. The molecule has 1 rings (SSSR count). The molecular weight excluding hydrogens is 451 g/mol. The summed E-state index contributed by atoms with van der Waals surface area (Å²) in [6.45, 7) is 7.60. The third-order valence-corrected chi connectivity index (χ3v) is 3.71. The zero-order chi connectivity index (χ0) is 25.4. The van der Waals surface area contributed by atoms with E-state index >= 15 is 0 Å². The Morgan fingerprint density at radius 2 is 1.58 bits per heavy atom. The second-order valence-corrected chi connectivity index (χ2v) is 7.71. The molecule has 0 saturated carbocycles. The van der Waals surface area contributed by atoms with E-state index in [-0.39, 0.29) is 12.0 Å². The van der Waals surface area contributed by atoms with Gasteiger partial charge in [-0.15, -0.1) is 13.2 Å². The van der Waals surface area contributed by atoms with Gasteiger partial charge in [0, 0.05) is 12.5 Å². The normalized spacial score (nSPS) is 13.2. The number of carbonyl (C=O) groups excluding carboxylic acids is 4. The van der Waals surface area contributed by atoms with Crippen LogP contribution in [0.15, 0.2) is 24.3 Å². The van der Waals surface area contributed by atoms with Crippen LogP contribution in [0.1, 0.15) is 51.4 Å². The zero-order valence-electron chi connectivity index (χ0n) is 18.7. The number of nitrogens with one attached hydrogen (secondary N) is 3. The Morgan fingerprint density at radius 3 is 2.03 bits per heavy atom. The predicted octanol–water partition coefficient (Wildman–Crippen LogP) is 2.58. The molecule has 0 fully saturated rings. The highest BCUT2D eigenvalue weighted by atomic mass is 19.4. The SMILES string of the molecule is CCC(NC(=O)OC(C)(C)C)[C@H](OC(C)=O)C(=O)NNC(=O)c1ccc(OC(F)(F)F)cc1. The molecule has 1 unspecified atom stereocenters. The number of hydrogen-bond acceptors (Lipinski definition) is 7. The van der Waals surface area contributed by atoms with Gasteiger partial charge in [-0.1, -0.05) is 6.92 Å². The van der Waals surface area contributed by atoms with Crippen LogP contribution in [0.3, 0.4) is 0 Å². The van der Waals surface area contributed by atoms with Gasteiger partial charge in [0.15, 0.2) is 0 Å². The maximum atomic E-state index is 12.6. The maximum absolute atomic E-state index is 12.6. The lowest BCUT2D eigenvalue weighted by molar-refractivity contribution is -0.274. The summed E-state index contributed by atoms with van der Waals surface area (Å²) in [5.74, 6) is -3.17. The van der Waals surface area contributed by atoms with E-state index < -0.39 is 53.7 Å². The molecule has 0 saturated heterocycles. The van der Waals surface area contributed by atoms with Crippen LogP contribution in [-0.2, 0) is 19.1 Å². The summed E-state index contributed by atoms with van der Waals surface area (Å²) < 4.78 is 50.5. The van der Waals surface area contributed by atoms with E-state index in [1.807, 2.05) is 0 Å². The Balaban J connectivity index is 2.82. The molecule has 2 atom stereocenters. The Hall–Kier alpha value is -3.51. The van der Waals surface area contributed by atoms with Gasteiger partial charge in [-0.3, -0.25) is 25.2 Å². The van der Waals surface area contributed by atoms with Crippen molar-refractivity contribution in [3.05, 3.63) is 29.8 Å². The number of rotatable bonds is 7. The molecule has 0 aromatic heterocycles. The lowest BCUT2D eigenvalue weighted by Gasteiger charge is -2.27. The van der Waals surface area contributed by atoms with Gasteiger partial charge in [0.25, 0.3) is 11.8 Å². The number of alkyl carbamates (subject to hydrolysis) is 1. The first-order valence-corrected chi connectivity index (χ1v) is 9.74. The van der Waals surface area contributed by atoms with Gasteiger partial charge >= 0.3 is 18.4 Å². The van der Waals surface area contributed by atoms with Crippen molar-refractivity contribution in [3.63, 3.8) is 0 Å². The number of ether oxygens (including phenoxy) is 3. The third-order valence-electron chi connectivity index (χ3n) is 3.71. The number of esters is 1. The quantitative estimate of drug-likeness (QED) is 0.406. The van der Waals surface area contributed by atoms with E-state index in [4.69, 9.17) is 9.47 Å². The predicted molar refractivity (Wildman–Crippen MR) is 108 cm³/mol. The molecule has 3 amide bonds. The first-order valence-electron chi connectivity index (χ1n) is 9.74. The van der Waals surface area contributed by atoms with E-state index in [2.05, 4.69) is 20.9 Å². The maximum Gasteiger partial charge on any atom is 0.573 e. The molecule has 1 aromatic carbocycles. The fourth-order valence-corrected chi connectivity index (χ4v) is 2.42. The monoisotopic (exact) mass is 477 g/mol. The summed E-state index contributed by atoms with van der Waals surface area (Å²) in [5.41, 5.74) is 3.21. The molecule has 13 heteroatoms. The van der Waals surface area contributed by atoms with Crippen LogP contribution in [0.5, 0.6) is 5.75 Å². The van der Waals surface area contributed by atoms with E-state index in [1.165, 1.54) is 0 Å². The van der Waals surface area contributed by atoms with E-state index in [0.717, 1.165) is 31.2 Å². The van der Waals surface area contributed by atoms with Crippen molar-refractivity contribution in [1.29, 1.82) is 0 Å². The van der Waals surface area contributed by atoms with Crippen LogP contribution in [0.4, 0.5) is 18.0 Å². The fourth-order valence-electron chi connectivity index (χ4n) is 2.42. The Kier molecular flexibility index (Phi) is 9.49. The van der Waals surface area contributed by atoms with Crippen molar-refractivity contribution in [2.24, 2.45) is 0 Å². The van der Waals surface area contributed by atoms with Gasteiger partial charge in [-0.2, -0.15) is 0 Å². The number of alkyl halides is 3. The summed E-state index contributed by atoms with van der Waals surface area (Å²) in [5, 5.41) is 2.44. The fraction of sp³-hybridized carbons (Fsp3) is 0.500. The summed E-state index contributed by atoms with van der Waals surface area (Å²) >= 11 is 0. The van der Waals surface area contributed by atoms with Crippen LogP contribution < -0.4 is 20.9 Å². The topological polar surface area (TPSA) is 132 Å². The molecule has 33 heavy (non-hydrogen) atoms. The Morgan fingerprint density at radius 1 is 1.00 bits per heavy atom. The molecule has 3 N–H and O–H groups in total. The van der Waals surface area contributed by atoms with Crippen LogP contribution in [0.2, 0.25) is 0 Å². The molecule has 0 radical (unpaired) electrons. The zero-order valence-corrected chi connectivity index (χ0v) is 18.7. The summed E-state index contributed by atoms with van der Waals surface area (Å²) in [6, 6.07) is 2.95. The van der Waals surface area contributed by atoms with Crippen molar-refractivity contribution in [1.82, 2.24) is 16.2 Å². The number of halogens is 3. The first kappa shape index (κ1) is 27.5. The molecule has 0 aliphatic heterocycles. The van der Waals surface area contributed by atoms with Gasteiger partial charge in [0.05, 0.1) is 6.04 Å². The summed E-state index contributed by atoms with van der Waals surface area (Å²) in [6.07, 6.45) is -7.07. The first-order chi connectivity index (χ1) is 15.1. The van der Waals surface area contributed by atoms with Crippen LogP contribution in [-0.4, -0.2) is 48.0 Å². The molecule has 0 spiro atoms. The van der Waals surface area contributed by atoms with Crippen LogP contribution >= 0.6 is 0 Å². The van der Waals surface area contributed by atoms with Crippen LogP contribution in [0.25, 0.3) is 0 Å². The molecule has 184 valence electrons. The molecule has 1 aromatic rings. The average Bonchev–Trinajstić information content (AvgIpc) is 2.66. The van der Waals surface area contributed by atoms with Gasteiger partial charge in [0.1, 0.15) is 11.4 Å². The van der Waals surface area contributed by atoms with E-state index in [0.29, 0.717) is 0 Å². The van der Waals surface area contributed by atoms with Gasteiger partial charge in [0.2, 0.25) is 6.10 Å². The second kappa shape index (κ2) is 11.4. The molecule has 0 aliphatic rings. The van der Waals surface area contributed by atoms with Crippen molar-refractivity contribution in [2.75, 3.05) is 0 Å². The smallest absolute Gasteiger partial charge is 0.450 e. The van der Waals surface area contributed by atoms with E-state index in [9.17, 15) is 32.3 Å². The summed E-state index contributed by atoms with van der Waals surface area (Å²) in [4.78, 5) is 48.2. The number of hydrogen-bond donors (Lipinski definition) is 3. The number of hydrazine groups is 1.